The lowest BCUT2D eigenvalue weighted by molar-refractivity contribution is 0.0697. The number of hydrogen-bond acceptors (Lipinski definition) is 2. The molecule has 19 heavy (non-hydrogen) atoms. The number of carbonyl (C=O) groups is 1. The Balaban J connectivity index is 2.27. The Hall–Kier alpha value is -2.69. The van der Waals surface area contributed by atoms with Gasteiger partial charge in [-0.15, -0.1) is 0 Å². The van der Waals surface area contributed by atoms with Crippen LogP contribution in [0.25, 0.3) is 22.2 Å². The molecule has 0 saturated heterocycles. The van der Waals surface area contributed by atoms with Crippen LogP contribution >= 0.6 is 0 Å². The van der Waals surface area contributed by atoms with E-state index in [4.69, 9.17) is 5.11 Å². The number of fused-ring (bicyclic) bond motifs is 1. The van der Waals surface area contributed by atoms with Crippen LogP contribution in [-0.4, -0.2) is 21.3 Å². The summed E-state index contributed by atoms with van der Waals surface area (Å²) < 4.78 is 13.8. The number of hydrogen-bond donors (Lipinski definition) is 2. The first-order valence-electron chi connectivity index (χ1n) is 5.63. The maximum atomic E-state index is 13.8. The highest BCUT2D eigenvalue weighted by molar-refractivity contribution is 5.98. The van der Waals surface area contributed by atoms with Gasteiger partial charge in [0.25, 0.3) is 0 Å². The van der Waals surface area contributed by atoms with Crippen molar-refractivity contribution in [2.24, 2.45) is 0 Å². The Morgan fingerprint density at radius 3 is 2.74 bits per heavy atom. The van der Waals surface area contributed by atoms with Crippen LogP contribution in [0.4, 0.5) is 4.39 Å². The maximum Gasteiger partial charge on any atom is 0.335 e. The van der Waals surface area contributed by atoms with E-state index in [2.05, 4.69) is 10.2 Å². The third-order valence-electron chi connectivity index (χ3n) is 2.94. The molecule has 0 bridgehead atoms. The summed E-state index contributed by atoms with van der Waals surface area (Å²) in [5.41, 5.74) is 1.57. The van der Waals surface area contributed by atoms with Gasteiger partial charge in [-0.2, -0.15) is 5.10 Å². The van der Waals surface area contributed by atoms with E-state index < -0.39 is 11.8 Å². The lowest BCUT2D eigenvalue weighted by atomic mass is 10.1. The summed E-state index contributed by atoms with van der Waals surface area (Å²) in [5.74, 6) is -1.42. The average Bonchev–Trinajstić information content (AvgIpc) is 2.82. The van der Waals surface area contributed by atoms with Crippen molar-refractivity contribution in [2.45, 2.75) is 0 Å². The van der Waals surface area contributed by atoms with Crippen LogP contribution in [0.5, 0.6) is 0 Å². The van der Waals surface area contributed by atoms with Crippen molar-refractivity contribution in [2.75, 3.05) is 0 Å². The summed E-state index contributed by atoms with van der Waals surface area (Å²) in [6.07, 6.45) is 0. The second-order valence-corrected chi connectivity index (χ2v) is 4.12. The summed E-state index contributed by atoms with van der Waals surface area (Å²) in [4.78, 5) is 11.0. The van der Waals surface area contributed by atoms with Crippen LogP contribution in [0.15, 0.2) is 42.5 Å². The number of carboxylic acid groups (broad SMARTS) is 1. The number of aromatic carboxylic acids is 1. The number of carboxylic acids is 1. The number of benzene rings is 2. The van der Waals surface area contributed by atoms with E-state index in [-0.39, 0.29) is 5.56 Å². The Morgan fingerprint density at radius 2 is 2.00 bits per heavy atom. The summed E-state index contributed by atoms with van der Waals surface area (Å²) >= 11 is 0. The molecular weight excluding hydrogens is 247 g/mol. The van der Waals surface area contributed by atoms with Crippen LogP contribution in [0.3, 0.4) is 0 Å². The molecule has 0 aliphatic rings. The topological polar surface area (TPSA) is 66.0 Å². The first-order valence-corrected chi connectivity index (χ1v) is 5.63. The zero-order chi connectivity index (χ0) is 13.4. The molecule has 0 atom stereocenters. The standard InChI is InChI=1S/C14H9FN2O2/c15-11-4-2-1-3-9(11)13-10-7-8(14(18)19)5-6-12(10)16-17-13/h1-7H,(H,16,17)(H,18,19). The molecule has 2 N–H and O–H groups in total. The summed E-state index contributed by atoms with van der Waals surface area (Å²) in [6, 6.07) is 10.8. The van der Waals surface area contributed by atoms with Gasteiger partial charge in [0.15, 0.2) is 0 Å². The third kappa shape index (κ3) is 1.85. The molecule has 2 aromatic carbocycles. The fourth-order valence-corrected chi connectivity index (χ4v) is 2.01. The van der Waals surface area contributed by atoms with Crippen LogP contribution in [0, 0.1) is 5.82 Å². The minimum Gasteiger partial charge on any atom is -0.478 e. The van der Waals surface area contributed by atoms with E-state index in [0.29, 0.717) is 22.2 Å². The predicted octanol–water partition coefficient (Wildman–Crippen LogP) is 3.07. The van der Waals surface area contributed by atoms with Gasteiger partial charge in [0.1, 0.15) is 11.5 Å². The highest BCUT2D eigenvalue weighted by Crippen LogP contribution is 2.28. The van der Waals surface area contributed by atoms with Gasteiger partial charge >= 0.3 is 5.97 Å². The smallest absolute Gasteiger partial charge is 0.335 e. The molecule has 3 rings (SSSR count). The van der Waals surface area contributed by atoms with Crippen molar-refractivity contribution in [1.29, 1.82) is 0 Å². The number of aromatic nitrogens is 2. The van der Waals surface area contributed by atoms with Gasteiger partial charge in [-0.3, -0.25) is 5.10 Å². The van der Waals surface area contributed by atoms with E-state index in [0.717, 1.165) is 0 Å². The molecule has 0 saturated carbocycles. The largest absolute Gasteiger partial charge is 0.478 e. The van der Waals surface area contributed by atoms with Gasteiger partial charge in [0.05, 0.1) is 11.1 Å². The van der Waals surface area contributed by atoms with E-state index >= 15 is 0 Å². The number of nitrogens with one attached hydrogen (secondary N) is 1. The average molecular weight is 256 g/mol. The number of aromatic amines is 1. The molecule has 94 valence electrons. The van der Waals surface area contributed by atoms with Crippen LogP contribution < -0.4 is 0 Å². The van der Waals surface area contributed by atoms with Crippen LogP contribution in [0.1, 0.15) is 10.4 Å². The molecule has 0 aliphatic heterocycles. The van der Waals surface area contributed by atoms with Crippen LogP contribution in [0.2, 0.25) is 0 Å². The lowest BCUT2D eigenvalue weighted by Gasteiger charge is -2.00. The predicted molar refractivity (Wildman–Crippen MR) is 68.4 cm³/mol. The normalized spacial score (nSPS) is 10.8. The van der Waals surface area contributed by atoms with Crippen molar-refractivity contribution in [3.8, 4) is 11.3 Å². The zero-order valence-corrected chi connectivity index (χ0v) is 9.72. The van der Waals surface area contributed by atoms with Crippen molar-refractivity contribution in [3.05, 3.63) is 53.8 Å². The number of nitrogens with zero attached hydrogens (tertiary/aromatic N) is 1. The number of H-pyrrole nitrogens is 1. The first-order chi connectivity index (χ1) is 9.16. The molecule has 1 aromatic heterocycles. The van der Waals surface area contributed by atoms with Gasteiger partial charge in [-0.05, 0) is 30.3 Å². The lowest BCUT2D eigenvalue weighted by Crippen LogP contribution is -1.95. The molecule has 4 nitrogen and oxygen atoms in total. The molecule has 0 radical (unpaired) electrons. The fraction of sp³-hybridized carbons (Fsp3) is 0. The third-order valence-corrected chi connectivity index (χ3v) is 2.94. The van der Waals surface area contributed by atoms with Crippen LogP contribution in [-0.2, 0) is 0 Å². The van der Waals surface area contributed by atoms with Crippen molar-refractivity contribution >= 4 is 16.9 Å². The minimum atomic E-state index is -1.03. The molecule has 0 fully saturated rings. The molecule has 0 aliphatic carbocycles. The second-order valence-electron chi connectivity index (χ2n) is 4.12. The molecule has 5 heteroatoms. The molecule has 0 amide bonds. The van der Waals surface area contributed by atoms with Gasteiger partial charge in [-0.1, -0.05) is 12.1 Å². The van der Waals surface area contributed by atoms with E-state index in [1.54, 1.807) is 24.3 Å². The highest BCUT2D eigenvalue weighted by Gasteiger charge is 2.13. The Bertz CT molecular complexity index is 780. The molecule has 0 spiro atoms. The van der Waals surface area contributed by atoms with Crippen molar-refractivity contribution in [1.82, 2.24) is 10.2 Å². The van der Waals surface area contributed by atoms with E-state index in [1.807, 2.05) is 0 Å². The maximum absolute atomic E-state index is 13.8. The van der Waals surface area contributed by atoms with Crippen molar-refractivity contribution < 1.29 is 14.3 Å². The Labute approximate surface area is 107 Å². The van der Waals surface area contributed by atoms with Crippen molar-refractivity contribution in [3.63, 3.8) is 0 Å². The number of halogens is 1. The zero-order valence-electron chi connectivity index (χ0n) is 9.72. The van der Waals surface area contributed by atoms with Gasteiger partial charge in [-0.25, -0.2) is 9.18 Å². The SMILES string of the molecule is O=C(O)c1ccc2[nH]nc(-c3ccccc3F)c2c1. The fourth-order valence-electron chi connectivity index (χ4n) is 2.01. The monoisotopic (exact) mass is 256 g/mol. The number of rotatable bonds is 2. The molecule has 0 unspecified atom stereocenters. The second kappa shape index (κ2) is 4.20. The molecule has 3 aromatic rings. The van der Waals surface area contributed by atoms with E-state index in [9.17, 15) is 9.18 Å². The quantitative estimate of drug-likeness (QED) is 0.740. The van der Waals surface area contributed by atoms with E-state index in [1.165, 1.54) is 18.2 Å². The van der Waals surface area contributed by atoms with Gasteiger partial charge in [0, 0.05) is 10.9 Å². The summed E-state index contributed by atoms with van der Waals surface area (Å²) in [5, 5.41) is 16.4. The summed E-state index contributed by atoms with van der Waals surface area (Å²) in [7, 11) is 0. The van der Waals surface area contributed by atoms with Gasteiger partial charge < -0.3 is 5.11 Å². The summed E-state index contributed by atoms with van der Waals surface area (Å²) in [6.45, 7) is 0. The minimum absolute atomic E-state index is 0.145. The molecule has 1 heterocycles. The Morgan fingerprint density at radius 1 is 1.21 bits per heavy atom. The Kier molecular flexibility index (Phi) is 2.52. The highest BCUT2D eigenvalue weighted by atomic mass is 19.1. The molecular formula is C14H9FN2O2. The van der Waals surface area contributed by atoms with Gasteiger partial charge in [0.2, 0.25) is 0 Å². The first kappa shape index (κ1) is 11.4.